The quantitative estimate of drug-likeness (QED) is 0.243. The first-order valence-corrected chi connectivity index (χ1v) is 11.0. The number of non-ortho nitro benzene ring substituents is 1. The van der Waals surface area contributed by atoms with E-state index < -0.39 is 10.8 Å². The molecule has 3 aromatic carbocycles. The third-order valence-electron chi connectivity index (χ3n) is 5.11. The van der Waals surface area contributed by atoms with Crippen LogP contribution in [0.15, 0.2) is 77.3 Å². The largest absolute Gasteiger partial charge is 0.488 e. The number of amides is 1. The summed E-state index contributed by atoms with van der Waals surface area (Å²) in [5.74, 6) is 0.876. The molecular weight excluding hydrogens is 466 g/mol. The highest BCUT2D eigenvalue weighted by Gasteiger charge is 2.22. The van der Waals surface area contributed by atoms with Gasteiger partial charge in [-0.1, -0.05) is 35.5 Å². The maximum absolute atomic E-state index is 12.3. The number of aromatic nitrogens is 1. The number of aliphatic hydroxyl groups is 1. The summed E-state index contributed by atoms with van der Waals surface area (Å²) in [5.41, 5.74) is 2.16. The Balaban J connectivity index is 1.72. The molecule has 10 heteroatoms. The molecule has 2 N–H and O–H groups in total. The van der Waals surface area contributed by atoms with E-state index in [1.54, 1.807) is 6.07 Å². The van der Waals surface area contributed by atoms with Crippen molar-refractivity contribution in [2.75, 3.05) is 13.2 Å². The van der Waals surface area contributed by atoms with Gasteiger partial charge in [0.2, 0.25) is 0 Å². The minimum atomic E-state index is -0.504. The topological polar surface area (TPSA) is 137 Å². The van der Waals surface area contributed by atoms with E-state index in [0.29, 0.717) is 22.8 Å². The zero-order chi connectivity index (χ0) is 25.5. The molecule has 0 aliphatic carbocycles. The van der Waals surface area contributed by atoms with Crippen molar-refractivity contribution < 1.29 is 28.8 Å². The molecule has 0 atom stereocenters. The first kappa shape index (κ1) is 24.4. The van der Waals surface area contributed by atoms with E-state index in [1.807, 2.05) is 43.3 Å². The first-order chi connectivity index (χ1) is 17.4. The van der Waals surface area contributed by atoms with Crippen LogP contribution in [-0.4, -0.2) is 34.2 Å². The fourth-order valence-corrected chi connectivity index (χ4v) is 3.42. The number of hydrogen-bond donors (Lipinski definition) is 2. The van der Waals surface area contributed by atoms with E-state index in [1.165, 1.54) is 30.3 Å². The van der Waals surface area contributed by atoms with Crippen molar-refractivity contribution in [3.8, 4) is 28.6 Å². The average molecular weight is 489 g/mol. The number of nitrogens with zero attached hydrogens (tertiary/aromatic N) is 2. The zero-order valence-corrected chi connectivity index (χ0v) is 19.3. The lowest BCUT2D eigenvalue weighted by molar-refractivity contribution is -0.384. The molecule has 0 saturated heterocycles. The number of benzene rings is 3. The maximum atomic E-state index is 12.3. The van der Waals surface area contributed by atoms with E-state index in [-0.39, 0.29) is 36.9 Å². The lowest BCUT2D eigenvalue weighted by atomic mass is 10.1. The summed E-state index contributed by atoms with van der Waals surface area (Å²) in [7, 11) is 0. The van der Waals surface area contributed by atoms with Gasteiger partial charge in [0.05, 0.1) is 11.5 Å². The molecule has 0 saturated carbocycles. The van der Waals surface area contributed by atoms with Crippen molar-refractivity contribution in [3.05, 3.63) is 99.7 Å². The van der Waals surface area contributed by atoms with Gasteiger partial charge >= 0.3 is 0 Å². The molecule has 4 aromatic rings. The number of ether oxygens (including phenoxy) is 2. The van der Waals surface area contributed by atoms with Crippen molar-refractivity contribution >= 4 is 11.6 Å². The van der Waals surface area contributed by atoms with Crippen LogP contribution in [0.4, 0.5) is 5.69 Å². The molecule has 36 heavy (non-hydrogen) atoms. The van der Waals surface area contributed by atoms with E-state index in [9.17, 15) is 14.9 Å². The van der Waals surface area contributed by atoms with Crippen LogP contribution in [0.2, 0.25) is 0 Å². The Kier molecular flexibility index (Phi) is 7.57. The van der Waals surface area contributed by atoms with Gasteiger partial charge in [-0.05, 0) is 42.3 Å². The van der Waals surface area contributed by atoms with Crippen LogP contribution < -0.4 is 14.8 Å². The van der Waals surface area contributed by atoms with Crippen molar-refractivity contribution in [2.45, 2.75) is 13.5 Å². The molecule has 0 radical (unpaired) electrons. The first-order valence-electron chi connectivity index (χ1n) is 11.0. The molecule has 0 bridgehead atoms. The van der Waals surface area contributed by atoms with Crippen LogP contribution in [0.25, 0.3) is 11.3 Å². The summed E-state index contributed by atoms with van der Waals surface area (Å²) >= 11 is 0. The molecule has 0 aliphatic rings. The summed E-state index contributed by atoms with van der Waals surface area (Å²) in [6, 6.07) is 20.3. The number of hydrogen-bond acceptors (Lipinski definition) is 8. The Bertz CT molecular complexity index is 1350. The number of aryl methyl sites for hydroxylation is 1. The second-order valence-electron chi connectivity index (χ2n) is 7.82. The number of nitrogens with one attached hydrogen (secondary N) is 1. The molecule has 0 unspecified atom stereocenters. The Morgan fingerprint density at radius 3 is 2.50 bits per heavy atom. The van der Waals surface area contributed by atoms with Crippen molar-refractivity contribution in [1.29, 1.82) is 0 Å². The minimum absolute atomic E-state index is 0.0225. The van der Waals surface area contributed by atoms with Crippen LogP contribution in [0.5, 0.6) is 17.2 Å². The lowest BCUT2D eigenvalue weighted by Crippen LogP contribution is -2.26. The average Bonchev–Trinajstić information content (AvgIpc) is 3.36. The van der Waals surface area contributed by atoms with Gasteiger partial charge < -0.3 is 24.4 Å². The summed E-state index contributed by atoms with van der Waals surface area (Å²) in [6.45, 7) is 2.01. The molecule has 0 fully saturated rings. The third kappa shape index (κ3) is 5.86. The van der Waals surface area contributed by atoms with Gasteiger partial charge in [0.15, 0.2) is 11.5 Å². The van der Waals surface area contributed by atoms with Crippen LogP contribution in [0, 0.1) is 17.0 Å². The van der Waals surface area contributed by atoms with Crippen molar-refractivity contribution in [1.82, 2.24) is 10.5 Å². The lowest BCUT2D eigenvalue weighted by Gasteiger charge is -2.16. The van der Waals surface area contributed by atoms with Gasteiger partial charge in [-0.3, -0.25) is 14.9 Å². The van der Waals surface area contributed by atoms with Gasteiger partial charge in [0, 0.05) is 24.7 Å². The molecule has 1 heterocycles. The summed E-state index contributed by atoms with van der Waals surface area (Å²) in [5, 5.41) is 26.3. The normalized spacial score (nSPS) is 10.6. The maximum Gasteiger partial charge on any atom is 0.273 e. The molecule has 1 amide bonds. The highest BCUT2D eigenvalue weighted by Crippen LogP contribution is 2.42. The van der Waals surface area contributed by atoms with E-state index in [2.05, 4.69) is 10.5 Å². The number of aliphatic hydroxyl groups excluding tert-OH is 1. The number of nitro groups is 1. The number of carbonyl (C=O) groups is 1. The number of nitro benzene ring substituents is 1. The minimum Gasteiger partial charge on any atom is -0.488 e. The smallest absolute Gasteiger partial charge is 0.273 e. The number of rotatable bonds is 10. The van der Waals surface area contributed by atoms with Gasteiger partial charge in [0.25, 0.3) is 11.6 Å². The van der Waals surface area contributed by atoms with Crippen LogP contribution in [-0.2, 0) is 6.61 Å². The molecule has 1 aromatic heterocycles. The van der Waals surface area contributed by atoms with Crippen molar-refractivity contribution in [3.63, 3.8) is 0 Å². The monoisotopic (exact) mass is 489 g/mol. The molecule has 10 nitrogen and oxygen atoms in total. The Morgan fingerprint density at radius 1 is 1.08 bits per heavy atom. The second kappa shape index (κ2) is 11.2. The molecular formula is C26H23N3O7. The summed E-state index contributed by atoms with van der Waals surface area (Å²) in [6.07, 6.45) is 0. The Hall–Kier alpha value is -4.70. The summed E-state index contributed by atoms with van der Waals surface area (Å²) in [4.78, 5) is 22.8. The second-order valence-corrected chi connectivity index (χ2v) is 7.82. The van der Waals surface area contributed by atoms with Gasteiger partial charge in [-0.15, -0.1) is 0 Å². The Morgan fingerprint density at radius 2 is 1.81 bits per heavy atom. The van der Waals surface area contributed by atoms with E-state index in [0.717, 1.165) is 11.1 Å². The highest BCUT2D eigenvalue weighted by atomic mass is 16.6. The van der Waals surface area contributed by atoms with Crippen LogP contribution in [0.3, 0.4) is 0 Å². The molecule has 184 valence electrons. The molecule has 0 spiro atoms. The predicted molar refractivity (Wildman–Crippen MR) is 130 cm³/mol. The Labute approximate surface area is 206 Å². The highest BCUT2D eigenvalue weighted by molar-refractivity contribution is 5.93. The van der Waals surface area contributed by atoms with Crippen molar-refractivity contribution in [2.24, 2.45) is 0 Å². The van der Waals surface area contributed by atoms with Crippen LogP contribution >= 0.6 is 0 Å². The predicted octanol–water partition coefficient (Wildman–Crippen LogP) is 4.65. The summed E-state index contributed by atoms with van der Waals surface area (Å²) < 4.78 is 17.7. The molecule has 0 aliphatic heterocycles. The molecule has 4 rings (SSSR count). The van der Waals surface area contributed by atoms with Crippen LogP contribution in [0.1, 0.15) is 21.6 Å². The fourth-order valence-electron chi connectivity index (χ4n) is 3.42. The number of carbonyl (C=O) groups excluding carboxylic acids is 1. The van der Waals surface area contributed by atoms with Gasteiger partial charge in [-0.2, -0.15) is 0 Å². The standard InChI is InChI=1S/C26H23N3O7/c1-17-13-22(34-16-18-5-3-2-4-6-18)25(24-15-21(28-36-24)26(31)27-11-12-30)23(14-17)35-20-9-7-19(8-10-20)29(32)33/h2-10,13-15,30H,11-12,16H2,1H3,(H,27,31). The fraction of sp³-hybridized carbons (Fsp3) is 0.154. The third-order valence-corrected chi connectivity index (χ3v) is 5.11. The SMILES string of the molecule is Cc1cc(OCc2ccccc2)c(-c2cc(C(=O)NCCO)no2)c(Oc2ccc([N+](=O)[O-])cc2)c1. The zero-order valence-electron chi connectivity index (χ0n) is 19.3. The van der Waals surface area contributed by atoms with Gasteiger partial charge in [0.1, 0.15) is 29.4 Å². The van der Waals surface area contributed by atoms with E-state index in [4.69, 9.17) is 19.1 Å². The van der Waals surface area contributed by atoms with E-state index >= 15 is 0 Å². The van der Waals surface area contributed by atoms with Gasteiger partial charge in [-0.25, -0.2) is 0 Å².